The van der Waals surface area contributed by atoms with Gasteiger partial charge in [-0.2, -0.15) is 4.31 Å². The molecule has 1 aromatic rings. The number of rotatable bonds is 4. The van der Waals surface area contributed by atoms with Gasteiger partial charge in [0, 0.05) is 26.2 Å². The molecule has 26 heavy (non-hydrogen) atoms. The monoisotopic (exact) mass is 381 g/mol. The molecule has 1 saturated carbocycles. The van der Waals surface area contributed by atoms with Gasteiger partial charge in [0.1, 0.15) is 10.6 Å². The van der Waals surface area contributed by atoms with Gasteiger partial charge in [0.05, 0.1) is 5.41 Å². The van der Waals surface area contributed by atoms with Crippen LogP contribution in [0.2, 0.25) is 0 Å². The summed E-state index contributed by atoms with van der Waals surface area (Å²) in [5.74, 6) is 1.11. The van der Waals surface area contributed by atoms with Gasteiger partial charge >= 0.3 is 0 Å². The van der Waals surface area contributed by atoms with Crippen LogP contribution in [0, 0.1) is 25.2 Å². The number of likely N-dealkylation sites (tertiary alicyclic amines) is 1. The van der Waals surface area contributed by atoms with Crippen molar-refractivity contribution in [2.24, 2.45) is 11.3 Å². The molecule has 3 fully saturated rings. The number of hydrogen-bond acceptors (Lipinski definition) is 5. The normalized spacial score (nSPS) is 28.1. The Morgan fingerprint density at radius 3 is 2.58 bits per heavy atom. The molecule has 0 N–H and O–H groups in total. The molecule has 144 valence electrons. The average Bonchev–Trinajstić information content (AvgIpc) is 3.12. The van der Waals surface area contributed by atoms with E-state index in [0.717, 1.165) is 25.9 Å². The lowest BCUT2D eigenvalue weighted by Gasteiger charge is -2.42. The molecule has 1 aromatic heterocycles. The maximum Gasteiger partial charge on any atom is 0.248 e. The van der Waals surface area contributed by atoms with E-state index >= 15 is 0 Å². The van der Waals surface area contributed by atoms with E-state index in [1.165, 1.54) is 23.6 Å². The smallest absolute Gasteiger partial charge is 0.248 e. The zero-order valence-corrected chi connectivity index (χ0v) is 16.3. The minimum Gasteiger partial charge on any atom is -0.360 e. The Bertz CT molecular complexity index is 795. The number of amides is 1. The highest BCUT2D eigenvalue weighted by Crippen LogP contribution is 2.43. The Balaban J connectivity index is 1.54. The molecule has 2 aliphatic heterocycles. The highest BCUT2D eigenvalue weighted by molar-refractivity contribution is 7.89. The molecule has 0 unspecified atom stereocenters. The van der Waals surface area contributed by atoms with Crippen LogP contribution in [0.4, 0.5) is 0 Å². The molecule has 1 spiro atoms. The van der Waals surface area contributed by atoms with E-state index in [1.54, 1.807) is 13.8 Å². The quantitative estimate of drug-likeness (QED) is 0.797. The van der Waals surface area contributed by atoms with E-state index in [1.807, 2.05) is 4.90 Å². The summed E-state index contributed by atoms with van der Waals surface area (Å²) in [5, 5.41) is 3.78. The van der Waals surface area contributed by atoms with Crippen LogP contribution >= 0.6 is 0 Å². The molecule has 4 rings (SSSR count). The van der Waals surface area contributed by atoms with E-state index in [-0.39, 0.29) is 17.3 Å². The van der Waals surface area contributed by atoms with Crippen LogP contribution in [-0.2, 0) is 14.8 Å². The summed E-state index contributed by atoms with van der Waals surface area (Å²) in [4.78, 5) is 15.3. The van der Waals surface area contributed by atoms with Gasteiger partial charge in [0.25, 0.3) is 0 Å². The number of carbonyl (C=O) groups is 1. The molecule has 8 heteroatoms. The molecule has 3 aliphatic rings. The Morgan fingerprint density at radius 1 is 1.19 bits per heavy atom. The van der Waals surface area contributed by atoms with Crippen molar-refractivity contribution in [2.75, 3.05) is 26.2 Å². The summed E-state index contributed by atoms with van der Waals surface area (Å²) in [6.07, 6.45) is 6.03. The Kier molecular flexibility index (Phi) is 4.38. The van der Waals surface area contributed by atoms with E-state index in [9.17, 15) is 13.2 Å². The third kappa shape index (κ3) is 2.78. The van der Waals surface area contributed by atoms with Gasteiger partial charge in [-0.1, -0.05) is 11.6 Å². The van der Waals surface area contributed by atoms with Crippen molar-refractivity contribution >= 4 is 15.9 Å². The molecule has 0 radical (unpaired) electrons. The van der Waals surface area contributed by atoms with Crippen molar-refractivity contribution in [1.82, 2.24) is 14.4 Å². The van der Waals surface area contributed by atoms with Crippen LogP contribution in [0.25, 0.3) is 0 Å². The number of piperidine rings is 1. The van der Waals surface area contributed by atoms with Crippen LogP contribution in [0.5, 0.6) is 0 Å². The molecule has 0 bridgehead atoms. The number of sulfonamides is 1. The first kappa shape index (κ1) is 18.0. The highest BCUT2D eigenvalue weighted by Gasteiger charge is 2.51. The lowest BCUT2D eigenvalue weighted by Crippen LogP contribution is -2.52. The van der Waals surface area contributed by atoms with E-state index in [4.69, 9.17) is 4.52 Å². The summed E-state index contributed by atoms with van der Waals surface area (Å²) in [6, 6.07) is 0. The van der Waals surface area contributed by atoms with Gasteiger partial charge in [-0.15, -0.1) is 0 Å². The fourth-order valence-corrected chi connectivity index (χ4v) is 6.52. The Morgan fingerprint density at radius 2 is 1.96 bits per heavy atom. The summed E-state index contributed by atoms with van der Waals surface area (Å²) in [5.41, 5.74) is -0.168. The van der Waals surface area contributed by atoms with Crippen molar-refractivity contribution < 1.29 is 17.7 Å². The fourth-order valence-electron chi connectivity index (χ4n) is 4.70. The predicted molar refractivity (Wildman–Crippen MR) is 94.9 cm³/mol. The number of hydrogen-bond donors (Lipinski definition) is 0. The highest BCUT2D eigenvalue weighted by atomic mass is 32.2. The average molecular weight is 381 g/mol. The number of carbonyl (C=O) groups excluding carboxylic acids is 1. The third-order valence-corrected chi connectivity index (χ3v) is 8.50. The van der Waals surface area contributed by atoms with Crippen molar-refractivity contribution in [3.05, 3.63) is 11.5 Å². The molecular weight excluding hydrogens is 354 g/mol. The molecular formula is C18H27N3O4S. The molecule has 2 saturated heterocycles. The van der Waals surface area contributed by atoms with Crippen molar-refractivity contribution in [3.63, 3.8) is 0 Å². The second kappa shape index (κ2) is 6.34. The van der Waals surface area contributed by atoms with Crippen LogP contribution in [-0.4, -0.2) is 54.9 Å². The second-order valence-electron chi connectivity index (χ2n) is 8.17. The summed E-state index contributed by atoms with van der Waals surface area (Å²) in [7, 11) is -3.68. The maximum absolute atomic E-state index is 13.2. The largest absolute Gasteiger partial charge is 0.360 e. The molecule has 1 aliphatic carbocycles. The number of aryl methyl sites for hydroxylation is 2. The first-order valence-corrected chi connectivity index (χ1v) is 11.0. The predicted octanol–water partition coefficient (Wildman–Crippen LogP) is 2.09. The second-order valence-corrected chi connectivity index (χ2v) is 10.0. The molecule has 0 aromatic carbocycles. The first-order valence-electron chi connectivity index (χ1n) is 9.56. The minimum atomic E-state index is -3.68. The van der Waals surface area contributed by atoms with Gasteiger partial charge in [-0.25, -0.2) is 8.42 Å². The third-order valence-electron chi connectivity index (χ3n) is 6.41. The zero-order valence-electron chi connectivity index (χ0n) is 15.5. The Labute approximate surface area is 154 Å². The topological polar surface area (TPSA) is 83.7 Å². The van der Waals surface area contributed by atoms with E-state index in [2.05, 4.69) is 5.16 Å². The van der Waals surface area contributed by atoms with E-state index in [0.29, 0.717) is 30.3 Å². The molecule has 1 atom stereocenters. The summed E-state index contributed by atoms with van der Waals surface area (Å²) >= 11 is 0. The van der Waals surface area contributed by atoms with Crippen LogP contribution < -0.4 is 0 Å². The van der Waals surface area contributed by atoms with Gasteiger partial charge in [-0.3, -0.25) is 4.79 Å². The van der Waals surface area contributed by atoms with Gasteiger partial charge in [-0.05, 0) is 51.9 Å². The maximum atomic E-state index is 13.2. The minimum absolute atomic E-state index is 0.157. The van der Waals surface area contributed by atoms with Crippen molar-refractivity contribution in [3.8, 4) is 0 Å². The number of aromatic nitrogens is 1. The van der Waals surface area contributed by atoms with Gasteiger partial charge in [0.15, 0.2) is 5.76 Å². The zero-order chi connectivity index (χ0) is 18.5. The van der Waals surface area contributed by atoms with Crippen LogP contribution in [0.1, 0.15) is 50.0 Å². The SMILES string of the molecule is Cc1noc(C)c1S(=O)(=O)N1CC[C@@]2(CCCN(CC3CCC3)C2=O)C1. The number of nitrogens with zero attached hydrogens (tertiary/aromatic N) is 3. The molecule has 1 amide bonds. The van der Waals surface area contributed by atoms with E-state index < -0.39 is 15.4 Å². The van der Waals surface area contributed by atoms with Crippen LogP contribution in [0.15, 0.2) is 9.42 Å². The lowest BCUT2D eigenvalue weighted by molar-refractivity contribution is -0.146. The standard InChI is InChI=1S/C18H27N3O4S/c1-13-16(14(2)25-19-13)26(23,24)21-10-8-18(12-21)7-4-9-20(17(18)22)11-15-5-3-6-15/h15H,3-12H2,1-2H3/t18-/m0/s1. The van der Waals surface area contributed by atoms with Crippen molar-refractivity contribution in [2.45, 2.75) is 57.3 Å². The fraction of sp³-hybridized carbons (Fsp3) is 0.778. The lowest BCUT2D eigenvalue weighted by atomic mass is 9.77. The molecule has 7 nitrogen and oxygen atoms in total. The van der Waals surface area contributed by atoms with Crippen molar-refractivity contribution in [1.29, 1.82) is 0 Å². The Hall–Kier alpha value is -1.41. The molecule has 3 heterocycles. The van der Waals surface area contributed by atoms with Crippen LogP contribution in [0.3, 0.4) is 0 Å². The van der Waals surface area contributed by atoms with Gasteiger partial charge in [0.2, 0.25) is 15.9 Å². The van der Waals surface area contributed by atoms with Gasteiger partial charge < -0.3 is 9.42 Å². The first-order chi connectivity index (χ1) is 12.3. The summed E-state index contributed by atoms with van der Waals surface area (Å²) < 4.78 is 32.7. The summed E-state index contributed by atoms with van der Waals surface area (Å²) in [6.45, 7) is 5.58.